The van der Waals surface area contributed by atoms with Gasteiger partial charge in [0, 0.05) is 26.2 Å². The summed E-state index contributed by atoms with van der Waals surface area (Å²) in [6.45, 7) is 3.89. The van der Waals surface area contributed by atoms with Crippen LogP contribution in [0.25, 0.3) is 11.0 Å². The fourth-order valence-corrected chi connectivity index (χ4v) is 2.17. The zero-order valence-corrected chi connectivity index (χ0v) is 9.37. The lowest BCUT2D eigenvalue weighted by atomic mass is 10.2. The summed E-state index contributed by atoms with van der Waals surface area (Å²) in [5, 5.41) is 11.6. The van der Waals surface area contributed by atoms with Crippen molar-refractivity contribution in [3.8, 4) is 0 Å². The third-order valence-corrected chi connectivity index (χ3v) is 3.11. The van der Waals surface area contributed by atoms with Gasteiger partial charge in [-0.25, -0.2) is 4.63 Å². The molecule has 0 unspecified atom stereocenters. The highest BCUT2D eigenvalue weighted by Crippen LogP contribution is 2.29. The van der Waals surface area contributed by atoms with Gasteiger partial charge in [0.05, 0.1) is 10.7 Å². The average Bonchev–Trinajstić information content (AvgIpc) is 2.81. The van der Waals surface area contributed by atoms with E-state index in [1.807, 2.05) is 12.1 Å². The Morgan fingerprint density at radius 1 is 1.19 bits per heavy atom. The predicted octanol–water partition coefficient (Wildman–Crippen LogP) is 1.29. The lowest BCUT2D eigenvalue weighted by Gasteiger charge is -2.29. The van der Waals surface area contributed by atoms with Crippen molar-refractivity contribution in [2.24, 2.45) is 0 Å². The maximum Gasteiger partial charge on any atom is 0.160 e. The fourth-order valence-electron chi connectivity index (χ4n) is 1.98. The largest absolute Gasteiger partial charge is 0.367 e. The molecule has 1 aliphatic rings. The molecule has 2 aromatic rings. The first-order valence-electron chi connectivity index (χ1n) is 5.23. The van der Waals surface area contributed by atoms with Crippen molar-refractivity contribution in [1.29, 1.82) is 0 Å². The van der Waals surface area contributed by atoms with Gasteiger partial charge in [-0.3, -0.25) is 0 Å². The van der Waals surface area contributed by atoms with Crippen LogP contribution in [0.4, 0.5) is 5.69 Å². The van der Waals surface area contributed by atoms with Gasteiger partial charge in [0.1, 0.15) is 0 Å². The van der Waals surface area contributed by atoms with Gasteiger partial charge in [-0.05, 0) is 22.4 Å². The van der Waals surface area contributed by atoms with E-state index in [-0.39, 0.29) is 0 Å². The summed E-state index contributed by atoms with van der Waals surface area (Å²) < 4.78 is 4.75. The number of nitrogens with zero attached hydrogens (tertiary/aromatic N) is 3. The molecule has 2 heterocycles. The van der Waals surface area contributed by atoms with E-state index in [4.69, 9.17) is 16.2 Å². The Kier molecular flexibility index (Phi) is 2.41. The van der Waals surface area contributed by atoms with Crippen molar-refractivity contribution in [3.63, 3.8) is 0 Å². The minimum atomic E-state index is 0.579. The van der Waals surface area contributed by atoms with Gasteiger partial charge in [-0.2, -0.15) is 0 Å². The lowest BCUT2D eigenvalue weighted by molar-refractivity contribution is 0.315. The summed E-state index contributed by atoms with van der Waals surface area (Å²) in [7, 11) is 0. The summed E-state index contributed by atoms with van der Waals surface area (Å²) in [6, 6.07) is 3.81. The highest BCUT2D eigenvalue weighted by Gasteiger charge is 2.17. The van der Waals surface area contributed by atoms with Crippen LogP contribution in [0.1, 0.15) is 0 Å². The van der Waals surface area contributed by atoms with Crippen molar-refractivity contribution in [2.75, 3.05) is 31.1 Å². The van der Waals surface area contributed by atoms with Crippen LogP contribution in [0.3, 0.4) is 0 Å². The first kappa shape index (κ1) is 9.86. The van der Waals surface area contributed by atoms with Gasteiger partial charge in [-0.1, -0.05) is 11.6 Å². The fraction of sp³-hybridized carbons (Fsp3) is 0.400. The molecule has 16 heavy (non-hydrogen) atoms. The van der Waals surface area contributed by atoms with E-state index in [1.54, 1.807) is 0 Å². The molecular weight excluding hydrogens is 228 g/mol. The van der Waals surface area contributed by atoms with Crippen molar-refractivity contribution >= 4 is 28.3 Å². The summed E-state index contributed by atoms with van der Waals surface area (Å²) in [5.74, 6) is 0. The van der Waals surface area contributed by atoms with Crippen LogP contribution in [-0.4, -0.2) is 36.5 Å². The molecule has 1 saturated heterocycles. The number of benzene rings is 1. The third-order valence-electron chi connectivity index (χ3n) is 2.80. The highest BCUT2D eigenvalue weighted by molar-refractivity contribution is 6.35. The van der Waals surface area contributed by atoms with E-state index in [2.05, 4.69) is 20.5 Å². The minimum Gasteiger partial charge on any atom is -0.367 e. The number of halogens is 1. The second kappa shape index (κ2) is 3.92. The average molecular weight is 239 g/mol. The molecule has 1 aliphatic heterocycles. The van der Waals surface area contributed by atoms with E-state index >= 15 is 0 Å². The summed E-state index contributed by atoms with van der Waals surface area (Å²) in [6.07, 6.45) is 0. The molecule has 0 atom stereocenters. The Hall–Kier alpha value is -1.33. The zero-order chi connectivity index (χ0) is 11.0. The number of nitrogens with one attached hydrogen (secondary N) is 1. The van der Waals surface area contributed by atoms with Gasteiger partial charge in [0.15, 0.2) is 11.0 Å². The Morgan fingerprint density at radius 2 is 1.94 bits per heavy atom. The number of hydrogen-bond acceptors (Lipinski definition) is 5. The molecule has 6 heteroatoms. The summed E-state index contributed by atoms with van der Waals surface area (Å²) in [5.41, 5.74) is 2.43. The number of hydrogen-bond donors (Lipinski definition) is 1. The van der Waals surface area contributed by atoms with Gasteiger partial charge in [0.2, 0.25) is 0 Å². The molecule has 3 rings (SSSR count). The summed E-state index contributed by atoms with van der Waals surface area (Å²) >= 11 is 6.02. The molecule has 0 aliphatic carbocycles. The maximum absolute atomic E-state index is 6.02. The van der Waals surface area contributed by atoms with Gasteiger partial charge in [-0.15, -0.1) is 0 Å². The molecule has 1 aromatic heterocycles. The summed E-state index contributed by atoms with van der Waals surface area (Å²) in [4.78, 5) is 2.26. The molecule has 0 spiro atoms. The molecular formula is C10H11ClN4O. The van der Waals surface area contributed by atoms with Crippen LogP contribution >= 0.6 is 11.6 Å². The van der Waals surface area contributed by atoms with Gasteiger partial charge < -0.3 is 10.2 Å². The number of anilines is 1. The molecule has 0 bridgehead atoms. The smallest absolute Gasteiger partial charge is 0.160 e. The number of piperazine rings is 1. The molecule has 1 aromatic carbocycles. The van der Waals surface area contributed by atoms with Crippen LogP contribution in [-0.2, 0) is 0 Å². The SMILES string of the molecule is Clc1ccc(N2CCNCC2)c2nonc12. The third kappa shape index (κ3) is 1.52. The van der Waals surface area contributed by atoms with E-state index in [0.29, 0.717) is 10.5 Å². The van der Waals surface area contributed by atoms with Crippen LogP contribution in [0, 0.1) is 0 Å². The van der Waals surface area contributed by atoms with E-state index in [9.17, 15) is 0 Å². The molecule has 0 saturated carbocycles. The standard InChI is InChI=1S/C10H11ClN4O/c11-7-1-2-8(10-9(7)13-16-14-10)15-5-3-12-4-6-15/h1-2,12H,3-6H2. The second-order valence-corrected chi connectivity index (χ2v) is 4.17. The van der Waals surface area contributed by atoms with Crippen molar-refractivity contribution < 1.29 is 4.63 Å². The van der Waals surface area contributed by atoms with Crippen molar-refractivity contribution in [1.82, 2.24) is 15.6 Å². The Bertz CT molecular complexity index is 506. The minimum absolute atomic E-state index is 0.579. The molecule has 0 radical (unpaired) electrons. The first-order chi connectivity index (χ1) is 7.86. The van der Waals surface area contributed by atoms with Gasteiger partial charge >= 0.3 is 0 Å². The lowest BCUT2D eigenvalue weighted by Crippen LogP contribution is -2.43. The monoisotopic (exact) mass is 238 g/mol. The molecule has 1 N–H and O–H groups in total. The predicted molar refractivity (Wildman–Crippen MR) is 61.9 cm³/mol. The van der Waals surface area contributed by atoms with Crippen LogP contribution < -0.4 is 10.2 Å². The second-order valence-electron chi connectivity index (χ2n) is 3.76. The molecule has 84 valence electrons. The quantitative estimate of drug-likeness (QED) is 0.811. The van der Waals surface area contributed by atoms with Crippen LogP contribution in [0.5, 0.6) is 0 Å². The zero-order valence-electron chi connectivity index (χ0n) is 8.61. The number of aromatic nitrogens is 2. The Labute approximate surface area is 97.3 Å². The van der Waals surface area contributed by atoms with Crippen LogP contribution in [0.15, 0.2) is 16.8 Å². The van der Waals surface area contributed by atoms with Crippen molar-refractivity contribution in [2.45, 2.75) is 0 Å². The van der Waals surface area contributed by atoms with E-state index in [0.717, 1.165) is 37.4 Å². The van der Waals surface area contributed by atoms with Gasteiger partial charge in [0.25, 0.3) is 0 Å². The molecule has 0 amide bonds. The van der Waals surface area contributed by atoms with Crippen LogP contribution in [0.2, 0.25) is 5.02 Å². The number of fused-ring (bicyclic) bond motifs is 1. The molecule has 5 nitrogen and oxygen atoms in total. The van der Waals surface area contributed by atoms with Crippen molar-refractivity contribution in [3.05, 3.63) is 17.2 Å². The first-order valence-corrected chi connectivity index (χ1v) is 5.60. The van der Waals surface area contributed by atoms with E-state index in [1.165, 1.54) is 0 Å². The highest BCUT2D eigenvalue weighted by atomic mass is 35.5. The Balaban J connectivity index is 2.08. The maximum atomic E-state index is 6.02. The normalized spacial score (nSPS) is 16.9. The Morgan fingerprint density at radius 3 is 2.75 bits per heavy atom. The molecule has 1 fully saturated rings. The number of rotatable bonds is 1. The van der Waals surface area contributed by atoms with E-state index < -0.39 is 0 Å². The topological polar surface area (TPSA) is 54.2 Å².